The molecule has 10 heteroatoms. The molecule has 2 aromatic heterocycles. The lowest BCUT2D eigenvalue weighted by Crippen LogP contribution is -2.46. The average molecular weight is 472 g/mol. The van der Waals surface area contributed by atoms with Gasteiger partial charge in [0.2, 0.25) is 0 Å². The van der Waals surface area contributed by atoms with Crippen molar-refractivity contribution in [1.29, 1.82) is 0 Å². The Balaban J connectivity index is 1.29. The Hall–Kier alpha value is -3.56. The van der Waals surface area contributed by atoms with Gasteiger partial charge in [-0.3, -0.25) is 9.59 Å². The van der Waals surface area contributed by atoms with Gasteiger partial charge in [-0.1, -0.05) is 6.07 Å². The van der Waals surface area contributed by atoms with Crippen LogP contribution < -0.4 is 5.32 Å². The van der Waals surface area contributed by atoms with Crippen LogP contribution in [-0.4, -0.2) is 45.6 Å². The standard InChI is InChI=1S/C24H23F3N4O3/c25-24(26,27)16-3-1-4-18(13-16)31-21(15-6-7-15)19(14-28-31)22(32)29-17-8-10-30(11-9-17)23(33)20-5-2-12-34-20/h1-5,12-15,17H,6-11H2,(H,29,32). The summed E-state index contributed by atoms with van der Waals surface area (Å²) in [6, 6.07) is 8.13. The Bertz CT molecular complexity index is 1190. The second-order valence-electron chi connectivity index (χ2n) is 8.69. The molecule has 2 aliphatic rings. The quantitative estimate of drug-likeness (QED) is 0.597. The van der Waals surface area contributed by atoms with Crippen LogP contribution in [0.4, 0.5) is 13.2 Å². The molecular formula is C24H23F3N4O3. The lowest BCUT2D eigenvalue weighted by atomic mass is 10.0. The molecule has 3 heterocycles. The van der Waals surface area contributed by atoms with Crippen LogP contribution in [0.15, 0.2) is 53.3 Å². The number of aromatic nitrogens is 2. The van der Waals surface area contributed by atoms with Crippen LogP contribution in [0.2, 0.25) is 0 Å². The van der Waals surface area contributed by atoms with Gasteiger partial charge in [-0.2, -0.15) is 18.3 Å². The Kier molecular flexibility index (Phi) is 5.66. The maximum Gasteiger partial charge on any atom is 0.416 e. The van der Waals surface area contributed by atoms with E-state index in [-0.39, 0.29) is 29.5 Å². The van der Waals surface area contributed by atoms with Crippen molar-refractivity contribution in [3.05, 3.63) is 71.4 Å². The molecule has 0 unspecified atom stereocenters. The van der Waals surface area contributed by atoms with Gasteiger partial charge in [-0.15, -0.1) is 0 Å². The van der Waals surface area contributed by atoms with E-state index in [1.807, 2.05) is 0 Å². The molecule has 7 nitrogen and oxygen atoms in total. The molecule has 2 amide bonds. The third kappa shape index (κ3) is 4.44. The highest BCUT2D eigenvalue weighted by molar-refractivity contribution is 5.96. The van der Waals surface area contributed by atoms with E-state index in [1.54, 1.807) is 23.1 Å². The summed E-state index contributed by atoms with van der Waals surface area (Å²) in [6.07, 6.45) is 1.33. The summed E-state index contributed by atoms with van der Waals surface area (Å²) in [5.74, 6) is -0.0896. The van der Waals surface area contributed by atoms with E-state index in [4.69, 9.17) is 4.42 Å². The number of amides is 2. The number of piperidine rings is 1. The maximum atomic E-state index is 13.2. The van der Waals surface area contributed by atoms with E-state index in [2.05, 4.69) is 10.4 Å². The molecular weight excluding hydrogens is 449 g/mol. The second kappa shape index (κ2) is 8.66. The number of hydrogen-bond donors (Lipinski definition) is 1. The van der Waals surface area contributed by atoms with Crippen molar-refractivity contribution in [2.45, 2.75) is 43.8 Å². The van der Waals surface area contributed by atoms with Gasteiger partial charge in [-0.25, -0.2) is 4.68 Å². The highest BCUT2D eigenvalue weighted by Gasteiger charge is 2.35. The minimum Gasteiger partial charge on any atom is -0.459 e. The number of hydrogen-bond acceptors (Lipinski definition) is 4. The minimum atomic E-state index is -4.46. The highest BCUT2D eigenvalue weighted by atomic mass is 19.4. The summed E-state index contributed by atoms with van der Waals surface area (Å²) in [5.41, 5.74) is 0.542. The first-order valence-electron chi connectivity index (χ1n) is 11.2. The fourth-order valence-electron chi connectivity index (χ4n) is 4.35. The van der Waals surface area contributed by atoms with E-state index < -0.39 is 11.7 Å². The molecule has 1 N–H and O–H groups in total. The third-order valence-corrected chi connectivity index (χ3v) is 6.28. The lowest BCUT2D eigenvalue weighted by molar-refractivity contribution is -0.137. The lowest BCUT2D eigenvalue weighted by Gasteiger charge is -2.31. The molecule has 1 aromatic carbocycles. The fourth-order valence-corrected chi connectivity index (χ4v) is 4.35. The molecule has 0 radical (unpaired) electrons. The summed E-state index contributed by atoms with van der Waals surface area (Å²) in [7, 11) is 0. The van der Waals surface area contributed by atoms with Crippen LogP contribution in [0.1, 0.15) is 63.8 Å². The SMILES string of the molecule is O=C(NC1CCN(C(=O)c2ccco2)CC1)c1cnn(-c2cccc(C(F)(F)F)c2)c1C1CC1. The van der Waals surface area contributed by atoms with Crippen LogP contribution in [0.5, 0.6) is 0 Å². The van der Waals surface area contributed by atoms with Crippen molar-refractivity contribution < 1.29 is 27.2 Å². The monoisotopic (exact) mass is 472 g/mol. The highest BCUT2D eigenvalue weighted by Crippen LogP contribution is 2.43. The number of alkyl halides is 3. The van der Waals surface area contributed by atoms with Crippen LogP contribution in [-0.2, 0) is 6.18 Å². The number of carbonyl (C=O) groups excluding carboxylic acids is 2. The summed E-state index contributed by atoms with van der Waals surface area (Å²) in [5, 5.41) is 7.29. The van der Waals surface area contributed by atoms with Crippen molar-refractivity contribution in [2.75, 3.05) is 13.1 Å². The van der Waals surface area contributed by atoms with Gasteiger partial charge in [-0.05, 0) is 56.0 Å². The van der Waals surface area contributed by atoms with Crippen molar-refractivity contribution >= 4 is 11.8 Å². The topological polar surface area (TPSA) is 80.4 Å². The number of carbonyl (C=O) groups is 2. The van der Waals surface area contributed by atoms with E-state index >= 15 is 0 Å². The zero-order chi connectivity index (χ0) is 23.9. The third-order valence-electron chi connectivity index (χ3n) is 6.28. The number of halogens is 3. The fraction of sp³-hybridized carbons (Fsp3) is 0.375. The number of likely N-dealkylation sites (tertiary alicyclic amines) is 1. The second-order valence-corrected chi connectivity index (χ2v) is 8.69. The normalized spacial score (nSPS) is 17.1. The first kappa shape index (κ1) is 22.2. The van der Waals surface area contributed by atoms with Crippen molar-refractivity contribution in [3.8, 4) is 5.69 Å². The number of benzene rings is 1. The zero-order valence-electron chi connectivity index (χ0n) is 18.2. The van der Waals surface area contributed by atoms with Crippen LogP contribution in [0.3, 0.4) is 0 Å². The van der Waals surface area contributed by atoms with E-state index in [9.17, 15) is 22.8 Å². The Morgan fingerprint density at radius 1 is 1.06 bits per heavy atom. The number of furan rings is 1. The summed E-state index contributed by atoms with van der Waals surface area (Å²) in [6.45, 7) is 0.979. The van der Waals surface area contributed by atoms with Gasteiger partial charge >= 0.3 is 6.18 Å². The van der Waals surface area contributed by atoms with Crippen LogP contribution >= 0.6 is 0 Å². The summed E-state index contributed by atoms with van der Waals surface area (Å²) >= 11 is 0. The number of nitrogens with one attached hydrogen (secondary N) is 1. The van der Waals surface area contributed by atoms with E-state index in [0.717, 1.165) is 25.0 Å². The first-order chi connectivity index (χ1) is 16.3. The first-order valence-corrected chi connectivity index (χ1v) is 11.2. The van der Waals surface area contributed by atoms with Gasteiger partial charge in [0.15, 0.2) is 5.76 Å². The molecule has 34 heavy (non-hydrogen) atoms. The van der Waals surface area contributed by atoms with Gasteiger partial charge in [0.1, 0.15) is 0 Å². The molecule has 3 aromatic rings. The molecule has 1 saturated carbocycles. The average Bonchev–Trinajstić information content (AvgIpc) is 3.33. The molecule has 1 saturated heterocycles. The smallest absolute Gasteiger partial charge is 0.416 e. The molecule has 0 bridgehead atoms. The van der Waals surface area contributed by atoms with E-state index in [1.165, 1.54) is 23.2 Å². The predicted molar refractivity (Wildman–Crippen MR) is 116 cm³/mol. The van der Waals surface area contributed by atoms with Crippen molar-refractivity contribution in [1.82, 2.24) is 20.0 Å². The number of rotatable bonds is 5. The Morgan fingerprint density at radius 3 is 2.47 bits per heavy atom. The molecule has 2 fully saturated rings. The van der Waals surface area contributed by atoms with Gasteiger partial charge in [0, 0.05) is 25.0 Å². The zero-order valence-corrected chi connectivity index (χ0v) is 18.2. The van der Waals surface area contributed by atoms with Gasteiger partial charge < -0.3 is 14.6 Å². The summed E-state index contributed by atoms with van der Waals surface area (Å²) in [4.78, 5) is 27.2. The van der Waals surface area contributed by atoms with Crippen LogP contribution in [0, 0.1) is 0 Å². The Morgan fingerprint density at radius 2 is 1.82 bits per heavy atom. The largest absolute Gasteiger partial charge is 0.459 e. The molecule has 0 atom stereocenters. The summed E-state index contributed by atoms with van der Waals surface area (Å²) < 4.78 is 46.2. The molecule has 5 rings (SSSR count). The molecule has 1 aliphatic carbocycles. The van der Waals surface area contributed by atoms with Crippen LogP contribution in [0.25, 0.3) is 5.69 Å². The predicted octanol–water partition coefficient (Wildman–Crippen LogP) is 4.40. The van der Waals surface area contributed by atoms with Gasteiger partial charge in [0.05, 0.1) is 35.0 Å². The molecule has 0 spiro atoms. The van der Waals surface area contributed by atoms with Crippen molar-refractivity contribution in [3.63, 3.8) is 0 Å². The number of nitrogens with zero attached hydrogens (tertiary/aromatic N) is 3. The van der Waals surface area contributed by atoms with E-state index in [0.29, 0.717) is 42.9 Å². The molecule has 178 valence electrons. The Labute approximate surface area is 193 Å². The van der Waals surface area contributed by atoms with Crippen molar-refractivity contribution in [2.24, 2.45) is 0 Å². The maximum absolute atomic E-state index is 13.2. The molecule has 1 aliphatic heterocycles. The minimum absolute atomic E-state index is 0.0885. The van der Waals surface area contributed by atoms with Gasteiger partial charge in [0.25, 0.3) is 11.8 Å².